The first kappa shape index (κ1) is 13.6. The Morgan fingerprint density at radius 3 is 2.81 bits per heavy atom. The van der Waals surface area contributed by atoms with E-state index in [1.165, 1.54) is 12.1 Å². The van der Waals surface area contributed by atoms with Gasteiger partial charge in [0.15, 0.2) is 0 Å². The molecule has 0 radical (unpaired) electrons. The van der Waals surface area contributed by atoms with Crippen LogP contribution in [0.5, 0.6) is 0 Å². The van der Waals surface area contributed by atoms with Crippen LogP contribution in [0.2, 0.25) is 0 Å². The van der Waals surface area contributed by atoms with Crippen molar-refractivity contribution >= 4 is 11.6 Å². The van der Waals surface area contributed by atoms with E-state index in [1.54, 1.807) is 0 Å². The molecule has 2 aromatic rings. The summed E-state index contributed by atoms with van der Waals surface area (Å²) >= 11 is 0. The number of hydrogen-bond donors (Lipinski definition) is 3. The van der Waals surface area contributed by atoms with Crippen LogP contribution in [-0.2, 0) is 6.42 Å². The lowest BCUT2D eigenvalue weighted by Crippen LogP contribution is -2.34. The van der Waals surface area contributed by atoms with Gasteiger partial charge in [-0.1, -0.05) is 24.3 Å². The fourth-order valence-corrected chi connectivity index (χ4v) is 2.68. The minimum Gasteiger partial charge on any atom is -0.399 e. The minimum absolute atomic E-state index is 0.0826. The van der Waals surface area contributed by atoms with Gasteiger partial charge in [-0.3, -0.25) is 4.79 Å². The van der Waals surface area contributed by atoms with Crippen LogP contribution in [0, 0.1) is 5.82 Å². The minimum atomic E-state index is -0.705. The molecule has 21 heavy (non-hydrogen) atoms. The van der Waals surface area contributed by atoms with E-state index >= 15 is 0 Å². The van der Waals surface area contributed by atoms with Gasteiger partial charge in [-0.05, 0) is 29.3 Å². The molecule has 0 saturated carbocycles. The van der Waals surface area contributed by atoms with Crippen molar-refractivity contribution in [3.05, 3.63) is 65.0 Å². The van der Waals surface area contributed by atoms with Crippen molar-refractivity contribution in [2.24, 2.45) is 0 Å². The zero-order valence-corrected chi connectivity index (χ0v) is 11.2. The van der Waals surface area contributed by atoms with Crippen LogP contribution in [0.3, 0.4) is 0 Å². The maximum atomic E-state index is 13.8. The fraction of sp³-hybridized carbons (Fsp3) is 0.188. The van der Waals surface area contributed by atoms with Gasteiger partial charge < -0.3 is 16.2 Å². The molecule has 4 N–H and O–H groups in total. The lowest BCUT2D eigenvalue weighted by atomic mass is 10.1. The molecular weight excluding hydrogens is 271 g/mol. The molecule has 2 atom stereocenters. The SMILES string of the molecule is Nc1ccc(C(=O)N[C@H]2c3ccccc3C[C@H]2O)c(F)c1. The van der Waals surface area contributed by atoms with E-state index in [0.29, 0.717) is 6.42 Å². The second kappa shape index (κ2) is 5.18. The molecule has 0 spiro atoms. The Balaban J connectivity index is 1.85. The Hall–Kier alpha value is -2.40. The number of carbonyl (C=O) groups excluding carboxylic acids is 1. The van der Waals surface area contributed by atoms with Crippen molar-refractivity contribution < 1.29 is 14.3 Å². The number of halogens is 1. The van der Waals surface area contributed by atoms with E-state index in [2.05, 4.69) is 5.32 Å². The number of nitrogens with two attached hydrogens (primary N) is 1. The summed E-state index contributed by atoms with van der Waals surface area (Å²) in [6.07, 6.45) is -0.228. The molecule has 0 unspecified atom stereocenters. The highest BCUT2D eigenvalue weighted by Crippen LogP contribution is 2.31. The number of fused-ring (bicyclic) bond motifs is 1. The van der Waals surface area contributed by atoms with Gasteiger partial charge in [-0.15, -0.1) is 0 Å². The van der Waals surface area contributed by atoms with E-state index < -0.39 is 23.9 Å². The maximum Gasteiger partial charge on any atom is 0.254 e. The molecule has 0 aliphatic heterocycles. The Morgan fingerprint density at radius 1 is 1.29 bits per heavy atom. The van der Waals surface area contributed by atoms with Gasteiger partial charge in [-0.2, -0.15) is 0 Å². The van der Waals surface area contributed by atoms with Crippen LogP contribution in [0.1, 0.15) is 27.5 Å². The number of carbonyl (C=O) groups is 1. The maximum absolute atomic E-state index is 13.8. The van der Waals surface area contributed by atoms with E-state index in [4.69, 9.17) is 5.73 Å². The molecule has 0 fully saturated rings. The molecule has 0 aromatic heterocycles. The lowest BCUT2D eigenvalue weighted by molar-refractivity contribution is 0.0854. The van der Waals surface area contributed by atoms with Crippen LogP contribution >= 0.6 is 0 Å². The molecule has 108 valence electrons. The predicted molar refractivity (Wildman–Crippen MR) is 77.2 cm³/mol. The summed E-state index contributed by atoms with van der Waals surface area (Å²) in [6.45, 7) is 0. The van der Waals surface area contributed by atoms with Gasteiger partial charge in [0.05, 0.1) is 17.7 Å². The highest BCUT2D eigenvalue weighted by atomic mass is 19.1. The molecule has 1 aliphatic carbocycles. The van der Waals surface area contributed by atoms with Crippen molar-refractivity contribution in [1.29, 1.82) is 0 Å². The Kier molecular flexibility index (Phi) is 3.35. The summed E-state index contributed by atoms with van der Waals surface area (Å²) in [5, 5.41) is 12.8. The van der Waals surface area contributed by atoms with Crippen molar-refractivity contribution in [2.75, 3.05) is 5.73 Å². The molecule has 4 nitrogen and oxygen atoms in total. The van der Waals surface area contributed by atoms with Crippen LogP contribution in [0.15, 0.2) is 42.5 Å². The summed E-state index contributed by atoms with van der Waals surface area (Å²) in [5.41, 5.74) is 7.50. The number of aliphatic hydroxyl groups is 1. The number of amides is 1. The number of benzene rings is 2. The van der Waals surface area contributed by atoms with Crippen molar-refractivity contribution in [3.63, 3.8) is 0 Å². The molecular formula is C16H15FN2O2. The highest BCUT2D eigenvalue weighted by molar-refractivity contribution is 5.95. The number of anilines is 1. The quantitative estimate of drug-likeness (QED) is 0.737. The average molecular weight is 286 g/mol. The zero-order valence-electron chi connectivity index (χ0n) is 11.2. The van der Waals surface area contributed by atoms with Crippen molar-refractivity contribution in [3.8, 4) is 0 Å². The third-order valence-corrected chi connectivity index (χ3v) is 3.73. The average Bonchev–Trinajstić information content (AvgIpc) is 2.75. The van der Waals surface area contributed by atoms with Crippen LogP contribution in [0.4, 0.5) is 10.1 Å². The Morgan fingerprint density at radius 2 is 2.05 bits per heavy atom. The monoisotopic (exact) mass is 286 g/mol. The molecule has 0 saturated heterocycles. The van der Waals surface area contributed by atoms with Crippen LogP contribution < -0.4 is 11.1 Å². The summed E-state index contributed by atoms with van der Waals surface area (Å²) in [7, 11) is 0. The summed E-state index contributed by atoms with van der Waals surface area (Å²) in [5.74, 6) is -1.23. The normalized spacial score (nSPS) is 20.1. The summed E-state index contributed by atoms with van der Waals surface area (Å²) < 4.78 is 13.8. The third-order valence-electron chi connectivity index (χ3n) is 3.73. The van der Waals surface area contributed by atoms with Gasteiger partial charge >= 0.3 is 0 Å². The molecule has 0 bridgehead atoms. The molecule has 1 amide bonds. The number of rotatable bonds is 2. The number of nitrogen functional groups attached to an aromatic ring is 1. The number of hydrogen-bond acceptors (Lipinski definition) is 3. The first-order valence-corrected chi connectivity index (χ1v) is 6.68. The fourth-order valence-electron chi connectivity index (χ4n) is 2.68. The van der Waals surface area contributed by atoms with E-state index in [1.807, 2.05) is 24.3 Å². The van der Waals surface area contributed by atoms with Gasteiger partial charge in [0.25, 0.3) is 5.91 Å². The van der Waals surface area contributed by atoms with E-state index in [9.17, 15) is 14.3 Å². The zero-order chi connectivity index (χ0) is 15.0. The smallest absolute Gasteiger partial charge is 0.254 e. The summed E-state index contributed by atoms with van der Waals surface area (Å²) in [4.78, 5) is 12.2. The van der Waals surface area contributed by atoms with E-state index in [0.717, 1.165) is 17.2 Å². The first-order chi connectivity index (χ1) is 10.1. The van der Waals surface area contributed by atoms with E-state index in [-0.39, 0.29) is 11.3 Å². The lowest BCUT2D eigenvalue weighted by Gasteiger charge is -2.18. The number of aliphatic hydroxyl groups excluding tert-OH is 1. The van der Waals surface area contributed by atoms with Gasteiger partial charge in [0, 0.05) is 12.1 Å². The third kappa shape index (κ3) is 2.48. The molecule has 1 aliphatic rings. The second-order valence-corrected chi connectivity index (χ2v) is 5.16. The largest absolute Gasteiger partial charge is 0.399 e. The summed E-state index contributed by atoms with van der Waals surface area (Å²) in [6, 6.07) is 10.9. The first-order valence-electron chi connectivity index (χ1n) is 6.68. The van der Waals surface area contributed by atoms with Crippen molar-refractivity contribution in [1.82, 2.24) is 5.32 Å². The van der Waals surface area contributed by atoms with Gasteiger partial charge in [0.1, 0.15) is 5.82 Å². The standard InChI is InChI=1S/C16H15FN2O2/c17-13-8-10(18)5-6-12(13)16(21)19-15-11-4-2-1-3-9(11)7-14(15)20/h1-6,8,14-15,20H,7,18H2,(H,19,21)/t14-,15+/m1/s1. The molecule has 5 heteroatoms. The Bertz CT molecular complexity index is 702. The molecule has 0 heterocycles. The molecule has 3 rings (SSSR count). The predicted octanol–water partition coefficient (Wildman–Crippen LogP) is 1.80. The highest BCUT2D eigenvalue weighted by Gasteiger charge is 2.32. The second-order valence-electron chi connectivity index (χ2n) is 5.16. The van der Waals surface area contributed by atoms with Gasteiger partial charge in [0.2, 0.25) is 0 Å². The van der Waals surface area contributed by atoms with Gasteiger partial charge in [-0.25, -0.2) is 4.39 Å². The molecule has 2 aromatic carbocycles. The number of nitrogens with one attached hydrogen (secondary N) is 1. The topological polar surface area (TPSA) is 75.4 Å². The van der Waals surface area contributed by atoms with Crippen LogP contribution in [0.25, 0.3) is 0 Å². The van der Waals surface area contributed by atoms with Crippen molar-refractivity contribution in [2.45, 2.75) is 18.6 Å². The Labute approximate surface area is 121 Å². The van der Waals surface area contributed by atoms with Crippen LogP contribution in [-0.4, -0.2) is 17.1 Å².